The number of hydrogen-bond donors (Lipinski definition) is 1. The molecular weight excluding hydrogens is 537 g/mol. The molecule has 0 spiro atoms. The van der Waals surface area contributed by atoms with E-state index in [2.05, 4.69) is 9.89 Å². The fraction of sp³-hybridized carbons (Fsp3) is 0.652. The second-order valence-corrected chi connectivity index (χ2v) is 9.08. The van der Waals surface area contributed by atoms with Gasteiger partial charge in [0.1, 0.15) is 18.0 Å². The highest BCUT2D eigenvalue weighted by Gasteiger charge is 2.26. The first-order valence-corrected chi connectivity index (χ1v) is 11.3. The Bertz CT molecular complexity index is 772. The zero-order valence-corrected chi connectivity index (χ0v) is 22.3. The number of morpholine rings is 1. The van der Waals surface area contributed by atoms with Gasteiger partial charge in [-0.2, -0.15) is 0 Å². The van der Waals surface area contributed by atoms with Crippen molar-refractivity contribution in [1.29, 1.82) is 0 Å². The number of rotatable bonds is 6. The predicted molar refractivity (Wildman–Crippen MR) is 139 cm³/mol. The standard InChI is InChI=1S/C23H37N5O4.HI/c1-23(2,3)32-22(29)28-9-7-27(8-10-28)21(24)25-18-19-5-4-6-20(17-19)31-16-13-26-11-14-30-15-12-26;/h4-6,17H,7-16,18H2,1-3H3,(H2,24,25);1H. The van der Waals surface area contributed by atoms with Gasteiger partial charge < -0.3 is 29.7 Å². The van der Waals surface area contributed by atoms with Crippen molar-refractivity contribution in [3.05, 3.63) is 29.8 Å². The molecule has 0 atom stereocenters. The number of halogens is 1. The molecule has 2 saturated heterocycles. The van der Waals surface area contributed by atoms with Gasteiger partial charge in [-0.3, -0.25) is 4.90 Å². The van der Waals surface area contributed by atoms with Crippen LogP contribution in [0.3, 0.4) is 0 Å². The molecule has 1 aromatic carbocycles. The minimum absolute atomic E-state index is 0. The summed E-state index contributed by atoms with van der Waals surface area (Å²) in [5, 5.41) is 0. The highest BCUT2D eigenvalue weighted by molar-refractivity contribution is 14.0. The Morgan fingerprint density at radius 3 is 2.42 bits per heavy atom. The molecule has 0 unspecified atom stereocenters. The van der Waals surface area contributed by atoms with Crippen LogP contribution in [0, 0.1) is 0 Å². The van der Waals surface area contributed by atoms with E-state index in [-0.39, 0.29) is 30.1 Å². The van der Waals surface area contributed by atoms with E-state index in [0.717, 1.165) is 44.2 Å². The van der Waals surface area contributed by atoms with Gasteiger partial charge in [0.15, 0.2) is 5.96 Å². The molecule has 2 heterocycles. The fourth-order valence-corrected chi connectivity index (χ4v) is 3.57. The Kier molecular flexibility index (Phi) is 11.0. The lowest BCUT2D eigenvalue weighted by atomic mass is 10.2. The molecule has 2 N–H and O–H groups in total. The van der Waals surface area contributed by atoms with Crippen molar-refractivity contribution in [2.75, 3.05) is 65.6 Å². The zero-order chi connectivity index (χ0) is 23.0. The summed E-state index contributed by atoms with van der Waals surface area (Å²) in [7, 11) is 0. The van der Waals surface area contributed by atoms with Crippen LogP contribution in [-0.2, 0) is 16.0 Å². The summed E-state index contributed by atoms with van der Waals surface area (Å²) in [4.78, 5) is 22.8. The number of amides is 1. The first-order valence-electron chi connectivity index (χ1n) is 11.3. The van der Waals surface area contributed by atoms with Crippen molar-refractivity contribution < 1.29 is 19.0 Å². The van der Waals surface area contributed by atoms with E-state index in [4.69, 9.17) is 19.9 Å². The van der Waals surface area contributed by atoms with Gasteiger partial charge in [0.05, 0.1) is 19.8 Å². The Morgan fingerprint density at radius 2 is 1.76 bits per heavy atom. The second-order valence-electron chi connectivity index (χ2n) is 9.08. The largest absolute Gasteiger partial charge is 0.492 e. The second kappa shape index (κ2) is 13.2. The number of guanidine groups is 1. The van der Waals surface area contributed by atoms with Crippen molar-refractivity contribution in [3.8, 4) is 5.75 Å². The van der Waals surface area contributed by atoms with Crippen molar-refractivity contribution in [2.45, 2.75) is 32.9 Å². The number of benzene rings is 1. The number of carbonyl (C=O) groups excluding carboxylic acids is 1. The summed E-state index contributed by atoms with van der Waals surface area (Å²) in [5.74, 6) is 1.34. The van der Waals surface area contributed by atoms with Crippen LogP contribution < -0.4 is 10.5 Å². The van der Waals surface area contributed by atoms with Gasteiger partial charge in [-0.1, -0.05) is 12.1 Å². The fourth-order valence-electron chi connectivity index (χ4n) is 3.57. The van der Waals surface area contributed by atoms with Crippen LogP contribution in [0.1, 0.15) is 26.3 Å². The molecule has 10 heteroatoms. The molecule has 0 aliphatic carbocycles. The average Bonchev–Trinajstić information content (AvgIpc) is 2.77. The number of carbonyl (C=O) groups is 1. The average molecular weight is 575 g/mol. The SMILES string of the molecule is CC(C)(C)OC(=O)N1CCN(C(N)=NCc2cccc(OCCN3CCOCC3)c2)CC1.I. The van der Waals surface area contributed by atoms with Crippen LogP contribution >= 0.6 is 24.0 Å². The number of hydrogen-bond acceptors (Lipinski definition) is 6. The number of aliphatic imine (C=N–C) groups is 1. The molecule has 2 aliphatic heterocycles. The summed E-state index contributed by atoms with van der Waals surface area (Å²) < 4.78 is 16.7. The van der Waals surface area contributed by atoms with E-state index in [0.29, 0.717) is 45.3 Å². The van der Waals surface area contributed by atoms with E-state index in [9.17, 15) is 4.79 Å². The molecule has 3 rings (SSSR count). The molecule has 1 aromatic rings. The summed E-state index contributed by atoms with van der Waals surface area (Å²) >= 11 is 0. The first-order chi connectivity index (χ1) is 15.3. The molecule has 9 nitrogen and oxygen atoms in total. The molecule has 0 aromatic heterocycles. The Hall–Kier alpha value is -1.79. The van der Waals surface area contributed by atoms with Crippen LogP contribution in [0.2, 0.25) is 0 Å². The zero-order valence-electron chi connectivity index (χ0n) is 20.0. The van der Waals surface area contributed by atoms with Gasteiger partial charge in [0.25, 0.3) is 0 Å². The van der Waals surface area contributed by atoms with Crippen molar-refractivity contribution in [2.24, 2.45) is 10.7 Å². The minimum atomic E-state index is -0.491. The quantitative estimate of drug-likeness (QED) is 0.317. The van der Waals surface area contributed by atoms with E-state index < -0.39 is 5.60 Å². The van der Waals surface area contributed by atoms with E-state index in [1.165, 1.54) is 0 Å². The number of nitrogens with two attached hydrogens (primary N) is 1. The number of piperazine rings is 1. The van der Waals surface area contributed by atoms with Crippen LogP contribution in [0.4, 0.5) is 4.79 Å². The topological polar surface area (TPSA) is 92.9 Å². The number of ether oxygens (including phenoxy) is 3. The highest BCUT2D eigenvalue weighted by Crippen LogP contribution is 2.15. The monoisotopic (exact) mass is 575 g/mol. The van der Waals surface area contributed by atoms with Crippen molar-refractivity contribution >= 4 is 36.0 Å². The third kappa shape index (κ3) is 9.54. The molecule has 0 bridgehead atoms. The van der Waals surface area contributed by atoms with Crippen LogP contribution in [0.15, 0.2) is 29.3 Å². The Labute approximate surface area is 214 Å². The van der Waals surface area contributed by atoms with E-state index in [1.807, 2.05) is 49.9 Å². The van der Waals surface area contributed by atoms with Gasteiger partial charge in [0.2, 0.25) is 0 Å². The number of nitrogens with zero attached hydrogens (tertiary/aromatic N) is 4. The maximum Gasteiger partial charge on any atom is 0.410 e. The molecular formula is C23H38IN5O4. The van der Waals surface area contributed by atoms with Crippen molar-refractivity contribution in [3.63, 3.8) is 0 Å². The molecule has 33 heavy (non-hydrogen) atoms. The van der Waals surface area contributed by atoms with Gasteiger partial charge in [0, 0.05) is 45.8 Å². The molecule has 0 saturated carbocycles. The Morgan fingerprint density at radius 1 is 1.09 bits per heavy atom. The Balaban J connectivity index is 0.00000385. The molecule has 2 aliphatic rings. The molecule has 1 amide bonds. The van der Waals surface area contributed by atoms with Crippen LogP contribution in [-0.4, -0.2) is 98.0 Å². The summed E-state index contributed by atoms with van der Waals surface area (Å²) in [6.07, 6.45) is -0.280. The third-order valence-corrected chi connectivity index (χ3v) is 5.36. The highest BCUT2D eigenvalue weighted by atomic mass is 127. The molecule has 2 fully saturated rings. The lowest BCUT2D eigenvalue weighted by Crippen LogP contribution is -2.53. The maximum absolute atomic E-state index is 12.2. The lowest BCUT2D eigenvalue weighted by molar-refractivity contribution is 0.0186. The van der Waals surface area contributed by atoms with Gasteiger partial charge in [-0.25, -0.2) is 9.79 Å². The van der Waals surface area contributed by atoms with Gasteiger partial charge >= 0.3 is 6.09 Å². The van der Waals surface area contributed by atoms with Crippen LogP contribution in [0.25, 0.3) is 0 Å². The van der Waals surface area contributed by atoms with Gasteiger partial charge in [-0.15, -0.1) is 24.0 Å². The van der Waals surface area contributed by atoms with E-state index in [1.54, 1.807) is 4.90 Å². The lowest BCUT2D eigenvalue weighted by Gasteiger charge is -2.36. The van der Waals surface area contributed by atoms with Gasteiger partial charge in [-0.05, 0) is 38.5 Å². The summed E-state index contributed by atoms with van der Waals surface area (Å²) in [5.41, 5.74) is 6.77. The predicted octanol–water partition coefficient (Wildman–Crippen LogP) is 2.38. The molecule has 186 valence electrons. The van der Waals surface area contributed by atoms with Crippen molar-refractivity contribution in [1.82, 2.24) is 14.7 Å². The summed E-state index contributed by atoms with van der Waals surface area (Å²) in [6, 6.07) is 7.97. The third-order valence-electron chi connectivity index (χ3n) is 5.36. The molecule has 0 radical (unpaired) electrons. The van der Waals surface area contributed by atoms with E-state index >= 15 is 0 Å². The maximum atomic E-state index is 12.2. The van der Waals surface area contributed by atoms with Crippen LogP contribution in [0.5, 0.6) is 5.75 Å². The minimum Gasteiger partial charge on any atom is -0.492 e. The normalized spacial score (nSPS) is 18.0. The first kappa shape index (κ1) is 27.5. The smallest absolute Gasteiger partial charge is 0.410 e. The summed E-state index contributed by atoms with van der Waals surface area (Å²) in [6.45, 7) is 13.6.